The molecule has 2 aromatic rings. The first kappa shape index (κ1) is 19.4. The normalized spacial score (nSPS) is 19.1. The zero-order valence-corrected chi connectivity index (χ0v) is 16.0. The topological polar surface area (TPSA) is 58.6 Å². The number of likely N-dealkylation sites (tertiary alicyclic amines) is 1. The summed E-state index contributed by atoms with van der Waals surface area (Å²) in [5, 5.41) is 3.50. The Morgan fingerprint density at radius 3 is 2.48 bits per heavy atom. The Kier molecular flexibility index (Phi) is 6.48. The largest absolute Gasteiger partial charge is 0.383 e. The number of carbonyl (C=O) groups excluding carboxylic acids is 2. The van der Waals surface area contributed by atoms with Crippen LogP contribution in [0.2, 0.25) is 5.02 Å². The van der Waals surface area contributed by atoms with Gasteiger partial charge in [-0.2, -0.15) is 0 Å². The number of ether oxygens (including phenoxy) is 1. The summed E-state index contributed by atoms with van der Waals surface area (Å²) in [7, 11) is 1.60. The zero-order valence-electron chi connectivity index (χ0n) is 15.2. The third-order valence-electron chi connectivity index (χ3n) is 4.87. The molecule has 0 aromatic heterocycles. The Hall–Kier alpha value is -2.37. The minimum Gasteiger partial charge on any atom is -0.383 e. The number of carbonyl (C=O) groups is 2. The van der Waals surface area contributed by atoms with Crippen LogP contribution in [0.3, 0.4) is 0 Å². The summed E-state index contributed by atoms with van der Waals surface area (Å²) in [5.74, 6) is -0.461. The van der Waals surface area contributed by atoms with Gasteiger partial charge < -0.3 is 15.0 Å². The number of nitrogens with one attached hydrogen (secondary N) is 1. The number of benzene rings is 2. The van der Waals surface area contributed by atoms with E-state index in [2.05, 4.69) is 5.32 Å². The van der Waals surface area contributed by atoms with Crippen LogP contribution in [-0.2, 0) is 9.53 Å². The van der Waals surface area contributed by atoms with Gasteiger partial charge in [0.1, 0.15) is 0 Å². The Morgan fingerprint density at radius 2 is 1.81 bits per heavy atom. The molecular weight excluding hydrogens is 364 g/mol. The van der Waals surface area contributed by atoms with Gasteiger partial charge in [0, 0.05) is 43.2 Å². The van der Waals surface area contributed by atoms with Crippen molar-refractivity contribution in [3.63, 3.8) is 0 Å². The second-order valence-electron chi connectivity index (χ2n) is 6.62. The molecule has 2 aromatic carbocycles. The van der Waals surface area contributed by atoms with Gasteiger partial charge in [0.25, 0.3) is 5.91 Å². The van der Waals surface area contributed by atoms with E-state index >= 15 is 0 Å². The van der Waals surface area contributed by atoms with Gasteiger partial charge in [-0.15, -0.1) is 0 Å². The average Bonchev–Trinajstić information content (AvgIpc) is 3.14. The lowest BCUT2D eigenvalue weighted by molar-refractivity contribution is -0.125. The summed E-state index contributed by atoms with van der Waals surface area (Å²) in [6, 6.07) is 16.7. The molecule has 0 saturated carbocycles. The third kappa shape index (κ3) is 4.67. The van der Waals surface area contributed by atoms with Crippen molar-refractivity contribution in [1.82, 2.24) is 10.2 Å². The molecule has 2 amide bonds. The SMILES string of the molecule is COCCNC(=O)[C@@H]1CN(C(=O)c2ccc(Cl)cc2)C[C@@H]1c1ccccc1. The molecule has 1 aliphatic rings. The van der Waals surface area contributed by atoms with Gasteiger partial charge in [0.2, 0.25) is 5.91 Å². The Balaban J connectivity index is 1.79. The summed E-state index contributed by atoms with van der Waals surface area (Å²) < 4.78 is 5.00. The fourth-order valence-corrected chi connectivity index (χ4v) is 3.58. The predicted octanol–water partition coefficient (Wildman–Crippen LogP) is 2.96. The number of nitrogens with zero attached hydrogens (tertiary/aromatic N) is 1. The van der Waals surface area contributed by atoms with Crippen LogP contribution in [0, 0.1) is 5.92 Å². The maximum absolute atomic E-state index is 12.9. The molecule has 27 heavy (non-hydrogen) atoms. The number of hydrogen-bond donors (Lipinski definition) is 1. The van der Waals surface area contributed by atoms with Crippen molar-refractivity contribution < 1.29 is 14.3 Å². The molecule has 0 spiro atoms. The van der Waals surface area contributed by atoms with Crippen molar-refractivity contribution in [3.05, 3.63) is 70.7 Å². The smallest absolute Gasteiger partial charge is 0.253 e. The summed E-state index contributed by atoms with van der Waals surface area (Å²) in [4.78, 5) is 27.4. The summed E-state index contributed by atoms with van der Waals surface area (Å²) in [6.07, 6.45) is 0. The first-order chi connectivity index (χ1) is 13.1. The highest BCUT2D eigenvalue weighted by molar-refractivity contribution is 6.30. The highest BCUT2D eigenvalue weighted by atomic mass is 35.5. The minimum atomic E-state index is -0.291. The molecule has 0 radical (unpaired) electrons. The Morgan fingerprint density at radius 1 is 1.11 bits per heavy atom. The first-order valence-electron chi connectivity index (χ1n) is 8.96. The molecule has 1 fully saturated rings. The molecule has 1 saturated heterocycles. The monoisotopic (exact) mass is 386 g/mol. The van der Waals surface area contributed by atoms with E-state index in [0.717, 1.165) is 5.56 Å². The minimum absolute atomic E-state index is 0.0370. The Labute approximate surface area is 164 Å². The van der Waals surface area contributed by atoms with E-state index in [1.807, 2.05) is 30.3 Å². The van der Waals surface area contributed by atoms with Gasteiger partial charge in [0.15, 0.2) is 0 Å². The van der Waals surface area contributed by atoms with E-state index in [1.54, 1.807) is 36.3 Å². The lowest BCUT2D eigenvalue weighted by Gasteiger charge is -2.18. The maximum Gasteiger partial charge on any atom is 0.253 e. The Bertz CT molecular complexity index is 780. The molecule has 6 heteroatoms. The van der Waals surface area contributed by atoms with Crippen molar-refractivity contribution in [2.75, 3.05) is 33.4 Å². The molecule has 0 bridgehead atoms. The van der Waals surface area contributed by atoms with Gasteiger partial charge in [-0.3, -0.25) is 9.59 Å². The number of rotatable bonds is 6. The molecular formula is C21H23ClN2O3. The van der Waals surface area contributed by atoms with Crippen molar-refractivity contribution in [1.29, 1.82) is 0 Å². The first-order valence-corrected chi connectivity index (χ1v) is 9.34. The quantitative estimate of drug-likeness (QED) is 0.776. The number of amides is 2. The van der Waals surface area contributed by atoms with Crippen LogP contribution in [-0.4, -0.2) is 50.1 Å². The van der Waals surface area contributed by atoms with E-state index in [0.29, 0.717) is 36.8 Å². The van der Waals surface area contributed by atoms with Crippen molar-refractivity contribution in [2.45, 2.75) is 5.92 Å². The molecule has 0 unspecified atom stereocenters. The van der Waals surface area contributed by atoms with Crippen molar-refractivity contribution in [3.8, 4) is 0 Å². The lowest BCUT2D eigenvalue weighted by Crippen LogP contribution is -2.37. The van der Waals surface area contributed by atoms with Crippen LogP contribution in [0.25, 0.3) is 0 Å². The molecule has 0 aliphatic carbocycles. The summed E-state index contributed by atoms with van der Waals surface area (Å²) >= 11 is 5.92. The molecule has 1 aliphatic heterocycles. The van der Waals surface area contributed by atoms with Gasteiger partial charge in [-0.25, -0.2) is 0 Å². The summed E-state index contributed by atoms with van der Waals surface area (Å²) in [5.41, 5.74) is 1.64. The van der Waals surface area contributed by atoms with E-state index in [-0.39, 0.29) is 23.7 Å². The molecule has 142 valence electrons. The maximum atomic E-state index is 12.9. The van der Waals surface area contributed by atoms with Gasteiger partial charge in [-0.1, -0.05) is 41.9 Å². The number of methoxy groups -OCH3 is 1. The van der Waals surface area contributed by atoms with Crippen LogP contribution < -0.4 is 5.32 Å². The standard InChI is InChI=1S/C21H23ClN2O3/c1-27-12-11-23-20(25)19-14-24(13-18(19)15-5-3-2-4-6-15)21(26)16-7-9-17(22)10-8-16/h2-10,18-19H,11-14H2,1H3,(H,23,25)/t18-,19-/m1/s1. The zero-order chi connectivity index (χ0) is 19.2. The molecule has 3 rings (SSSR count). The van der Waals surface area contributed by atoms with E-state index in [1.165, 1.54) is 0 Å². The van der Waals surface area contributed by atoms with E-state index < -0.39 is 0 Å². The molecule has 2 atom stereocenters. The van der Waals surface area contributed by atoms with Crippen molar-refractivity contribution >= 4 is 23.4 Å². The number of halogens is 1. The molecule has 1 N–H and O–H groups in total. The van der Waals surface area contributed by atoms with E-state index in [4.69, 9.17) is 16.3 Å². The van der Waals surface area contributed by atoms with E-state index in [9.17, 15) is 9.59 Å². The van der Waals surface area contributed by atoms with Crippen LogP contribution in [0.15, 0.2) is 54.6 Å². The molecule has 1 heterocycles. The van der Waals surface area contributed by atoms with Crippen LogP contribution in [0.1, 0.15) is 21.8 Å². The van der Waals surface area contributed by atoms with Gasteiger partial charge >= 0.3 is 0 Å². The lowest BCUT2D eigenvalue weighted by atomic mass is 9.88. The fourth-order valence-electron chi connectivity index (χ4n) is 3.46. The average molecular weight is 387 g/mol. The number of hydrogen-bond acceptors (Lipinski definition) is 3. The highest BCUT2D eigenvalue weighted by Gasteiger charge is 2.40. The third-order valence-corrected chi connectivity index (χ3v) is 5.12. The van der Waals surface area contributed by atoms with Crippen molar-refractivity contribution in [2.24, 2.45) is 5.92 Å². The predicted molar refractivity (Wildman–Crippen MR) is 105 cm³/mol. The fraction of sp³-hybridized carbons (Fsp3) is 0.333. The van der Waals surface area contributed by atoms with Crippen LogP contribution in [0.4, 0.5) is 0 Å². The second kappa shape index (κ2) is 9.02. The second-order valence-corrected chi connectivity index (χ2v) is 7.06. The highest BCUT2D eigenvalue weighted by Crippen LogP contribution is 2.33. The van der Waals surface area contributed by atoms with Crippen LogP contribution >= 0.6 is 11.6 Å². The van der Waals surface area contributed by atoms with Gasteiger partial charge in [0.05, 0.1) is 12.5 Å². The van der Waals surface area contributed by atoms with Gasteiger partial charge in [-0.05, 0) is 29.8 Å². The van der Waals surface area contributed by atoms with Crippen LogP contribution in [0.5, 0.6) is 0 Å². The summed E-state index contributed by atoms with van der Waals surface area (Å²) in [6.45, 7) is 1.81. The molecule has 5 nitrogen and oxygen atoms in total.